The molecule has 3 heterocycles. The van der Waals surface area contributed by atoms with Crippen molar-refractivity contribution in [1.82, 2.24) is 10.3 Å². The second-order valence-electron chi connectivity index (χ2n) is 9.20. The molecule has 0 aliphatic carbocycles. The van der Waals surface area contributed by atoms with Crippen LogP contribution in [0.15, 0.2) is 12.1 Å². The van der Waals surface area contributed by atoms with Gasteiger partial charge in [-0.2, -0.15) is 13.2 Å². The highest BCUT2D eigenvalue weighted by Crippen LogP contribution is 2.46. The summed E-state index contributed by atoms with van der Waals surface area (Å²) in [6, 6.07) is 2.87. The van der Waals surface area contributed by atoms with Crippen molar-refractivity contribution in [2.75, 3.05) is 25.1 Å². The largest absolute Gasteiger partial charge is 0.480 e. The Hall–Kier alpha value is -2.36. The number of carbonyl (C=O) groups is 2. The third-order valence-corrected chi connectivity index (χ3v) is 6.80. The number of fused-ring (bicyclic) bond motifs is 1. The lowest BCUT2D eigenvalue weighted by molar-refractivity contribution is -0.240. The smallest absolute Gasteiger partial charge is 0.403 e. The first-order valence-corrected chi connectivity index (χ1v) is 12.1. The predicted molar refractivity (Wildman–Crippen MR) is 121 cm³/mol. The molecule has 34 heavy (non-hydrogen) atoms. The Kier molecular flexibility index (Phi) is 9.16. The standard InChI is InChI=1S/C24H34F3N3O4/c25-24(26,27)23(12-15-34-16-13-23)22(33)30-19(21(31)32)9-5-3-1-2-4-8-18-11-10-17-7-6-14-28-20(17)29-18/h10-11,19H,1-9,12-16H2,(H,28,29)(H,30,33)(H,31,32). The normalized spacial score (nSPS) is 18.4. The number of aliphatic carboxylic acids is 1. The van der Waals surface area contributed by atoms with Crippen molar-refractivity contribution in [3.8, 4) is 0 Å². The first kappa shape index (κ1) is 26.2. The third-order valence-electron chi connectivity index (χ3n) is 6.80. The maximum Gasteiger partial charge on any atom is 0.403 e. The van der Waals surface area contributed by atoms with Crippen LogP contribution in [0, 0.1) is 5.41 Å². The number of alkyl halides is 3. The number of amides is 1. The van der Waals surface area contributed by atoms with E-state index in [2.05, 4.69) is 27.8 Å². The number of pyridine rings is 1. The van der Waals surface area contributed by atoms with Crippen LogP contribution in [0.4, 0.5) is 19.0 Å². The Bertz CT molecular complexity index is 841. The predicted octanol–water partition coefficient (Wildman–Crippen LogP) is 4.25. The van der Waals surface area contributed by atoms with Crippen LogP contribution in [0.1, 0.15) is 69.0 Å². The summed E-state index contributed by atoms with van der Waals surface area (Å²) in [4.78, 5) is 28.8. The molecule has 7 nitrogen and oxygen atoms in total. The lowest BCUT2D eigenvalue weighted by atomic mass is 9.78. The summed E-state index contributed by atoms with van der Waals surface area (Å²) in [5, 5.41) is 14.9. The summed E-state index contributed by atoms with van der Waals surface area (Å²) in [5.74, 6) is -1.59. The van der Waals surface area contributed by atoms with Gasteiger partial charge in [0, 0.05) is 25.5 Å². The van der Waals surface area contributed by atoms with Crippen molar-refractivity contribution in [3.05, 3.63) is 23.4 Å². The van der Waals surface area contributed by atoms with Gasteiger partial charge in [0.25, 0.3) is 0 Å². The number of aromatic nitrogens is 1. The van der Waals surface area contributed by atoms with E-state index in [-0.39, 0.29) is 19.6 Å². The number of hydrogen-bond donors (Lipinski definition) is 3. The van der Waals surface area contributed by atoms with Gasteiger partial charge in [-0.25, -0.2) is 9.78 Å². The van der Waals surface area contributed by atoms with E-state index in [4.69, 9.17) is 4.74 Å². The maximum atomic E-state index is 13.7. The number of ether oxygens (including phenoxy) is 1. The number of nitrogens with zero attached hydrogens (tertiary/aromatic N) is 1. The second-order valence-corrected chi connectivity index (χ2v) is 9.20. The first-order chi connectivity index (χ1) is 16.2. The van der Waals surface area contributed by atoms with Gasteiger partial charge in [0.05, 0.1) is 0 Å². The molecule has 1 atom stereocenters. The van der Waals surface area contributed by atoms with Crippen LogP contribution >= 0.6 is 0 Å². The molecule has 2 aliphatic rings. The minimum absolute atomic E-state index is 0.101. The lowest BCUT2D eigenvalue weighted by Gasteiger charge is -2.37. The summed E-state index contributed by atoms with van der Waals surface area (Å²) in [7, 11) is 0. The molecule has 1 saturated heterocycles. The molecule has 1 amide bonds. The van der Waals surface area contributed by atoms with E-state index in [1.54, 1.807) is 0 Å². The van der Waals surface area contributed by atoms with Gasteiger partial charge < -0.3 is 20.5 Å². The van der Waals surface area contributed by atoms with Crippen molar-refractivity contribution in [2.24, 2.45) is 5.41 Å². The van der Waals surface area contributed by atoms with Crippen molar-refractivity contribution in [2.45, 2.75) is 82.8 Å². The molecular formula is C24H34F3N3O4. The summed E-state index contributed by atoms with van der Waals surface area (Å²) >= 11 is 0. The van der Waals surface area contributed by atoms with Crippen LogP contribution in [0.25, 0.3) is 0 Å². The molecule has 1 unspecified atom stereocenters. The Morgan fingerprint density at radius 3 is 2.56 bits per heavy atom. The molecule has 2 aliphatic heterocycles. The van der Waals surface area contributed by atoms with Crippen LogP contribution < -0.4 is 10.6 Å². The minimum Gasteiger partial charge on any atom is -0.480 e. The molecule has 0 saturated carbocycles. The van der Waals surface area contributed by atoms with Crippen LogP contribution in [0.5, 0.6) is 0 Å². The lowest BCUT2D eigenvalue weighted by Crippen LogP contribution is -2.56. The fourth-order valence-electron chi connectivity index (χ4n) is 4.61. The highest BCUT2D eigenvalue weighted by Gasteiger charge is 2.60. The number of nitrogens with one attached hydrogen (secondary N) is 2. The van der Waals surface area contributed by atoms with Crippen LogP contribution in [0.3, 0.4) is 0 Å². The minimum atomic E-state index is -4.76. The highest BCUT2D eigenvalue weighted by molar-refractivity contribution is 5.88. The van der Waals surface area contributed by atoms with Crippen molar-refractivity contribution in [3.63, 3.8) is 0 Å². The number of carbonyl (C=O) groups excluding carboxylic acids is 1. The zero-order valence-corrected chi connectivity index (χ0v) is 19.4. The van der Waals surface area contributed by atoms with E-state index >= 15 is 0 Å². The number of unbranched alkanes of at least 4 members (excludes halogenated alkanes) is 4. The Morgan fingerprint density at radius 1 is 1.15 bits per heavy atom. The molecule has 0 radical (unpaired) electrons. The number of hydrogen-bond acceptors (Lipinski definition) is 5. The van der Waals surface area contributed by atoms with Crippen molar-refractivity contribution < 1.29 is 32.6 Å². The molecule has 3 N–H and O–H groups in total. The Morgan fingerprint density at radius 2 is 1.85 bits per heavy atom. The van der Waals surface area contributed by atoms with Gasteiger partial charge in [0.1, 0.15) is 17.3 Å². The molecule has 1 aromatic rings. The Balaban J connectivity index is 1.38. The second kappa shape index (κ2) is 11.9. The zero-order chi connectivity index (χ0) is 24.6. The van der Waals surface area contributed by atoms with E-state index in [0.29, 0.717) is 6.42 Å². The average Bonchev–Trinajstić information content (AvgIpc) is 2.82. The topological polar surface area (TPSA) is 101 Å². The maximum absolute atomic E-state index is 13.7. The Labute approximate surface area is 197 Å². The molecule has 0 bridgehead atoms. The first-order valence-electron chi connectivity index (χ1n) is 12.1. The summed E-state index contributed by atoms with van der Waals surface area (Å²) < 4.78 is 46.0. The zero-order valence-electron chi connectivity index (χ0n) is 19.4. The number of rotatable bonds is 11. The average molecular weight is 486 g/mol. The van der Waals surface area contributed by atoms with E-state index in [0.717, 1.165) is 63.0 Å². The van der Waals surface area contributed by atoms with Gasteiger partial charge in [0.2, 0.25) is 5.91 Å². The van der Waals surface area contributed by atoms with Crippen molar-refractivity contribution in [1.29, 1.82) is 0 Å². The van der Waals surface area contributed by atoms with Crippen LogP contribution in [-0.4, -0.2) is 53.9 Å². The van der Waals surface area contributed by atoms with Crippen molar-refractivity contribution >= 4 is 17.7 Å². The van der Waals surface area contributed by atoms with E-state index in [1.165, 1.54) is 5.56 Å². The van der Waals surface area contributed by atoms with Gasteiger partial charge in [-0.05, 0) is 56.6 Å². The SMILES string of the molecule is O=C(O)C(CCCCCCCc1ccc2c(n1)NCCC2)NC(=O)C1(C(F)(F)F)CCOCC1. The van der Waals surface area contributed by atoms with E-state index < -0.39 is 42.4 Å². The summed E-state index contributed by atoms with van der Waals surface area (Å²) in [6.45, 7) is 0.594. The molecule has 190 valence electrons. The molecule has 1 fully saturated rings. The molecular weight excluding hydrogens is 451 g/mol. The third kappa shape index (κ3) is 6.61. The van der Waals surface area contributed by atoms with Gasteiger partial charge in [-0.1, -0.05) is 31.7 Å². The van der Waals surface area contributed by atoms with E-state index in [9.17, 15) is 27.9 Å². The van der Waals surface area contributed by atoms with Gasteiger partial charge in [-0.15, -0.1) is 0 Å². The molecule has 1 aromatic heterocycles. The molecule has 0 aromatic carbocycles. The number of carboxylic acid groups (broad SMARTS) is 1. The highest BCUT2D eigenvalue weighted by atomic mass is 19.4. The van der Waals surface area contributed by atoms with Gasteiger partial charge in [-0.3, -0.25) is 4.79 Å². The summed E-state index contributed by atoms with van der Waals surface area (Å²) in [5.41, 5.74) is -0.277. The number of aryl methyl sites for hydroxylation is 2. The molecule has 0 spiro atoms. The fourth-order valence-corrected chi connectivity index (χ4v) is 4.61. The van der Waals surface area contributed by atoms with Crippen LogP contribution in [0.2, 0.25) is 0 Å². The monoisotopic (exact) mass is 485 g/mol. The molecule has 10 heteroatoms. The quantitative estimate of drug-likeness (QED) is 0.405. The number of halogens is 3. The summed E-state index contributed by atoms with van der Waals surface area (Å²) in [6.07, 6.45) is 1.45. The van der Waals surface area contributed by atoms with Gasteiger partial charge >= 0.3 is 12.1 Å². The van der Waals surface area contributed by atoms with E-state index in [1.807, 2.05) is 0 Å². The fraction of sp³-hybridized carbons (Fsp3) is 0.708. The molecule has 3 rings (SSSR count). The van der Waals surface area contributed by atoms with Crippen LogP contribution in [-0.2, 0) is 27.2 Å². The number of anilines is 1. The number of carboxylic acids is 1. The van der Waals surface area contributed by atoms with Gasteiger partial charge in [0.15, 0.2) is 0 Å².